The molecule has 0 radical (unpaired) electrons. The Balaban J connectivity index is 2.26. The summed E-state index contributed by atoms with van der Waals surface area (Å²) in [6.07, 6.45) is -1.23. The Morgan fingerprint density at radius 3 is 2.05 bits per heavy atom. The van der Waals surface area contributed by atoms with E-state index in [4.69, 9.17) is 18.9 Å². The Labute approximate surface area is 122 Å². The van der Waals surface area contributed by atoms with E-state index in [2.05, 4.69) is 0 Å². The van der Waals surface area contributed by atoms with Crippen molar-refractivity contribution in [3.63, 3.8) is 0 Å². The summed E-state index contributed by atoms with van der Waals surface area (Å²) in [7, 11) is 0. The van der Waals surface area contributed by atoms with Gasteiger partial charge in [-0.15, -0.1) is 0 Å². The molecule has 1 saturated carbocycles. The number of esters is 3. The zero-order chi connectivity index (χ0) is 15.8. The van der Waals surface area contributed by atoms with Gasteiger partial charge >= 0.3 is 17.9 Å². The minimum absolute atomic E-state index is 0.181. The van der Waals surface area contributed by atoms with Crippen molar-refractivity contribution in [2.75, 3.05) is 0 Å². The molecule has 1 aliphatic heterocycles. The van der Waals surface area contributed by atoms with Crippen molar-refractivity contribution in [1.82, 2.24) is 0 Å². The molecule has 1 heterocycles. The molecule has 0 bridgehead atoms. The van der Waals surface area contributed by atoms with Crippen LogP contribution in [0.5, 0.6) is 0 Å². The molecule has 0 aromatic rings. The van der Waals surface area contributed by atoms with Gasteiger partial charge in [-0.1, -0.05) is 13.3 Å². The van der Waals surface area contributed by atoms with Crippen LogP contribution in [0, 0.1) is 5.92 Å². The average Bonchev–Trinajstić information content (AvgIpc) is 2.99. The fourth-order valence-electron chi connectivity index (χ4n) is 2.99. The van der Waals surface area contributed by atoms with Crippen molar-refractivity contribution in [2.24, 2.45) is 5.92 Å². The van der Waals surface area contributed by atoms with Gasteiger partial charge in [0, 0.05) is 20.8 Å². The van der Waals surface area contributed by atoms with E-state index in [1.807, 2.05) is 6.92 Å². The molecule has 0 aromatic heterocycles. The molecule has 2 aliphatic rings. The van der Waals surface area contributed by atoms with Gasteiger partial charge in [0.25, 0.3) is 0 Å². The van der Waals surface area contributed by atoms with Crippen molar-refractivity contribution < 1.29 is 33.3 Å². The third kappa shape index (κ3) is 3.02. The first-order valence-electron chi connectivity index (χ1n) is 6.99. The first kappa shape index (κ1) is 15.8. The highest BCUT2D eigenvalue weighted by Crippen LogP contribution is 2.58. The van der Waals surface area contributed by atoms with Gasteiger partial charge in [0.2, 0.25) is 12.4 Å². The van der Waals surface area contributed by atoms with Crippen LogP contribution in [0.1, 0.15) is 40.5 Å². The highest BCUT2D eigenvalue weighted by atomic mass is 16.8. The second kappa shape index (κ2) is 5.63. The van der Waals surface area contributed by atoms with Crippen molar-refractivity contribution in [3.8, 4) is 0 Å². The Morgan fingerprint density at radius 1 is 1.05 bits per heavy atom. The molecular formula is C14H20O7. The van der Waals surface area contributed by atoms with E-state index < -0.39 is 42.0 Å². The predicted octanol–water partition coefficient (Wildman–Crippen LogP) is 0.938. The molecule has 1 aliphatic carbocycles. The van der Waals surface area contributed by atoms with Crippen LogP contribution in [0.3, 0.4) is 0 Å². The third-order valence-electron chi connectivity index (χ3n) is 3.85. The fourth-order valence-corrected chi connectivity index (χ4v) is 2.99. The van der Waals surface area contributed by atoms with E-state index in [1.165, 1.54) is 20.8 Å². The summed E-state index contributed by atoms with van der Waals surface area (Å²) < 4.78 is 21.4. The zero-order valence-electron chi connectivity index (χ0n) is 12.6. The summed E-state index contributed by atoms with van der Waals surface area (Å²) in [5, 5.41) is 0. The van der Waals surface area contributed by atoms with Crippen molar-refractivity contribution in [3.05, 3.63) is 0 Å². The van der Waals surface area contributed by atoms with E-state index in [0.717, 1.165) is 6.42 Å². The molecule has 1 spiro atoms. The lowest BCUT2D eigenvalue weighted by atomic mass is 10.1. The minimum atomic E-state index is -1.05. The zero-order valence-corrected chi connectivity index (χ0v) is 12.6. The van der Waals surface area contributed by atoms with E-state index in [1.54, 1.807) is 0 Å². The molecular weight excluding hydrogens is 280 g/mol. The molecule has 0 amide bonds. The highest BCUT2D eigenvalue weighted by molar-refractivity contribution is 5.68. The van der Waals surface area contributed by atoms with E-state index >= 15 is 0 Å². The summed E-state index contributed by atoms with van der Waals surface area (Å²) in [6, 6.07) is 0. The summed E-state index contributed by atoms with van der Waals surface area (Å²) in [5.74, 6) is -1.42. The molecule has 0 N–H and O–H groups in total. The molecule has 21 heavy (non-hydrogen) atoms. The van der Waals surface area contributed by atoms with Crippen LogP contribution < -0.4 is 0 Å². The normalized spacial score (nSPS) is 37.1. The monoisotopic (exact) mass is 300 g/mol. The molecule has 2 fully saturated rings. The van der Waals surface area contributed by atoms with Crippen molar-refractivity contribution in [1.29, 1.82) is 0 Å². The van der Waals surface area contributed by atoms with Gasteiger partial charge in [0.05, 0.1) is 0 Å². The second-order valence-corrected chi connectivity index (χ2v) is 5.46. The van der Waals surface area contributed by atoms with Gasteiger partial charge in [0.1, 0.15) is 5.60 Å². The lowest BCUT2D eigenvalue weighted by Gasteiger charge is -2.23. The predicted molar refractivity (Wildman–Crippen MR) is 68.9 cm³/mol. The maximum absolute atomic E-state index is 11.3. The lowest BCUT2D eigenvalue weighted by Crippen LogP contribution is -2.42. The summed E-state index contributed by atoms with van der Waals surface area (Å²) >= 11 is 0. The van der Waals surface area contributed by atoms with Crippen LogP contribution in [0.15, 0.2) is 0 Å². The largest absolute Gasteiger partial charge is 0.455 e. The summed E-state index contributed by atoms with van der Waals surface area (Å²) in [4.78, 5) is 33.8. The van der Waals surface area contributed by atoms with Gasteiger partial charge in [0.15, 0.2) is 6.10 Å². The van der Waals surface area contributed by atoms with Crippen molar-refractivity contribution >= 4 is 17.9 Å². The van der Waals surface area contributed by atoms with Gasteiger partial charge in [-0.3, -0.25) is 14.4 Å². The number of rotatable bonds is 4. The van der Waals surface area contributed by atoms with Gasteiger partial charge in [-0.05, 0) is 12.3 Å². The van der Waals surface area contributed by atoms with Crippen molar-refractivity contribution in [2.45, 2.75) is 64.6 Å². The topological polar surface area (TPSA) is 88.1 Å². The van der Waals surface area contributed by atoms with Crippen LogP contribution in [0.4, 0.5) is 0 Å². The van der Waals surface area contributed by atoms with Gasteiger partial charge < -0.3 is 18.9 Å². The van der Waals surface area contributed by atoms with Crippen LogP contribution in [-0.2, 0) is 33.3 Å². The first-order valence-corrected chi connectivity index (χ1v) is 6.99. The van der Waals surface area contributed by atoms with E-state index in [9.17, 15) is 14.4 Å². The smallest absolute Gasteiger partial charge is 0.305 e. The lowest BCUT2D eigenvalue weighted by molar-refractivity contribution is -0.197. The van der Waals surface area contributed by atoms with Crippen LogP contribution in [0.2, 0.25) is 0 Å². The number of carbonyl (C=O) groups excluding carboxylic acids is 3. The molecule has 1 saturated heterocycles. The van der Waals surface area contributed by atoms with Crippen LogP contribution >= 0.6 is 0 Å². The highest BCUT2D eigenvalue weighted by Gasteiger charge is 2.71. The standard InChI is InChI=1S/C14H20O7/c1-5-10-6-14(10)12(19-8(3)16)11(18-7(2)15)13(21-14)20-9(4)17/h10-13H,5-6H2,1-4H3/t10-,11-,12?,13+,14-/m0/s1. The number of ether oxygens (including phenoxy) is 4. The third-order valence-corrected chi connectivity index (χ3v) is 3.85. The van der Waals surface area contributed by atoms with Crippen LogP contribution in [0.25, 0.3) is 0 Å². The van der Waals surface area contributed by atoms with E-state index in [-0.39, 0.29) is 5.92 Å². The molecule has 7 nitrogen and oxygen atoms in total. The number of carbonyl (C=O) groups is 3. The quantitative estimate of drug-likeness (QED) is 0.564. The van der Waals surface area contributed by atoms with E-state index in [0.29, 0.717) is 6.42 Å². The van der Waals surface area contributed by atoms with Gasteiger partial charge in [-0.2, -0.15) is 0 Å². The number of hydrogen-bond donors (Lipinski definition) is 0. The summed E-state index contributed by atoms with van der Waals surface area (Å²) in [6.45, 7) is 5.75. The Kier molecular flexibility index (Phi) is 4.22. The Hall–Kier alpha value is -1.63. The summed E-state index contributed by atoms with van der Waals surface area (Å²) in [5.41, 5.74) is -0.722. The molecule has 0 aromatic carbocycles. The molecule has 2 rings (SSSR count). The molecule has 7 heteroatoms. The maximum atomic E-state index is 11.3. The second-order valence-electron chi connectivity index (χ2n) is 5.46. The fraction of sp³-hybridized carbons (Fsp3) is 0.786. The number of hydrogen-bond acceptors (Lipinski definition) is 7. The molecule has 118 valence electrons. The Bertz CT molecular complexity index is 460. The maximum Gasteiger partial charge on any atom is 0.305 e. The molecule has 5 atom stereocenters. The first-order chi connectivity index (χ1) is 9.80. The minimum Gasteiger partial charge on any atom is -0.455 e. The van der Waals surface area contributed by atoms with Crippen LogP contribution in [-0.4, -0.2) is 42.0 Å². The molecule has 1 unspecified atom stereocenters. The Morgan fingerprint density at radius 2 is 1.62 bits per heavy atom. The van der Waals surface area contributed by atoms with Gasteiger partial charge in [-0.25, -0.2) is 0 Å². The SMILES string of the molecule is CC[C@H]1C[C@]12O[C@@H](OC(C)=O)[C@@H](OC(C)=O)C2OC(C)=O. The average molecular weight is 300 g/mol.